The highest BCUT2D eigenvalue weighted by Gasteiger charge is 2.43. The fraction of sp³-hybridized carbons (Fsp3) is 0.159. The molecule has 0 radical (unpaired) electrons. The van der Waals surface area contributed by atoms with Gasteiger partial charge in [-0.05, 0) is 78.9 Å². The number of Topliss-reactive ketones (excluding diaryl/α,β-unsaturated/α-hetero) is 1. The summed E-state index contributed by atoms with van der Waals surface area (Å²) in [5, 5.41) is 1.13. The van der Waals surface area contributed by atoms with Crippen molar-refractivity contribution in [3.63, 3.8) is 0 Å². The maximum Gasteiger partial charge on any atom is 0.173 e. The number of carbonyl (C=O) groups excluding carboxylic acids is 1. The first-order chi connectivity index (χ1) is 24.3. The van der Waals surface area contributed by atoms with E-state index in [2.05, 4.69) is 62.4 Å². The van der Waals surface area contributed by atoms with Crippen molar-refractivity contribution in [3.05, 3.63) is 145 Å². The highest BCUT2D eigenvalue weighted by atomic mass is 31.1. The average molecular weight is 681 g/mol. The summed E-state index contributed by atoms with van der Waals surface area (Å²) in [5.74, 6) is 2.69. The van der Waals surface area contributed by atoms with E-state index in [0.717, 1.165) is 44.0 Å². The molecule has 252 valence electrons. The van der Waals surface area contributed by atoms with Gasteiger partial charge in [-0.1, -0.05) is 115 Å². The minimum absolute atomic E-state index is 0.0480. The summed E-state index contributed by atoms with van der Waals surface area (Å²) in [5.41, 5.74) is 6.19. The van der Waals surface area contributed by atoms with Crippen LogP contribution in [0.3, 0.4) is 0 Å². The van der Waals surface area contributed by atoms with Crippen LogP contribution in [0.4, 0.5) is 0 Å². The molecule has 0 fully saturated rings. The number of hydrogen-bond acceptors (Lipinski definition) is 5. The maximum atomic E-state index is 15.0. The third kappa shape index (κ3) is 6.37. The van der Waals surface area contributed by atoms with Crippen LogP contribution in [0.1, 0.15) is 24.2 Å². The molecular weight excluding hydrogens is 639 g/mol. The fourth-order valence-corrected chi connectivity index (χ4v) is 9.97. The van der Waals surface area contributed by atoms with Gasteiger partial charge in [-0.3, -0.25) is 4.79 Å². The maximum absolute atomic E-state index is 15.0. The van der Waals surface area contributed by atoms with Crippen molar-refractivity contribution in [1.29, 1.82) is 0 Å². The Labute approximate surface area is 296 Å². The van der Waals surface area contributed by atoms with E-state index in [0.29, 0.717) is 28.6 Å². The van der Waals surface area contributed by atoms with Gasteiger partial charge in [-0.2, -0.15) is 0 Å². The zero-order valence-electron chi connectivity index (χ0n) is 29.3. The van der Waals surface area contributed by atoms with E-state index in [-0.39, 0.29) is 5.78 Å². The summed E-state index contributed by atoms with van der Waals surface area (Å²) in [4.78, 5) is 15.0. The van der Waals surface area contributed by atoms with Gasteiger partial charge in [0.1, 0.15) is 23.0 Å². The quantitative estimate of drug-likeness (QED) is 0.0952. The van der Waals surface area contributed by atoms with Crippen molar-refractivity contribution in [1.82, 2.24) is 0 Å². The van der Waals surface area contributed by atoms with Crippen LogP contribution in [0.25, 0.3) is 33.4 Å². The van der Waals surface area contributed by atoms with Gasteiger partial charge in [0, 0.05) is 5.56 Å². The lowest BCUT2D eigenvalue weighted by Gasteiger charge is -2.38. The Bertz CT molecular complexity index is 1990. The normalized spacial score (nSPS) is 11.8. The van der Waals surface area contributed by atoms with E-state index in [1.807, 2.05) is 91.0 Å². The van der Waals surface area contributed by atoms with E-state index < -0.39 is 13.1 Å². The number of ether oxygens (including phenoxy) is 4. The molecule has 5 nitrogen and oxygen atoms in total. The molecule has 0 aliphatic heterocycles. The van der Waals surface area contributed by atoms with Gasteiger partial charge in [-0.15, -0.1) is 0 Å². The number of hydrogen-bond donors (Lipinski definition) is 0. The van der Waals surface area contributed by atoms with E-state index in [1.54, 1.807) is 28.4 Å². The van der Waals surface area contributed by atoms with Crippen LogP contribution < -0.4 is 29.6 Å². The standard InChI is InChI=1S/C44H41O5P/c1-44(2,43(45)31-20-11-8-12-21-31)50(39-29-14-13-22-32(39)30-18-9-7-10-19-30)42-33(40-35(46-3)25-16-26-36(40)47-4)23-15-24-34(42)41-37(48-5)27-17-28-38(41)49-6/h7-29H,1-6H3. The van der Waals surface area contributed by atoms with Gasteiger partial charge in [-0.25, -0.2) is 0 Å². The molecule has 0 N–H and O–H groups in total. The summed E-state index contributed by atoms with van der Waals surface area (Å²) < 4.78 is 24.1. The van der Waals surface area contributed by atoms with Gasteiger partial charge in [0.2, 0.25) is 0 Å². The predicted octanol–water partition coefficient (Wildman–Crippen LogP) is 9.82. The second-order valence-electron chi connectivity index (χ2n) is 12.2. The Balaban J connectivity index is 1.82. The zero-order chi connectivity index (χ0) is 35.3. The Morgan fingerprint density at radius 2 is 0.880 bits per heavy atom. The zero-order valence-corrected chi connectivity index (χ0v) is 30.2. The van der Waals surface area contributed by atoms with Gasteiger partial charge in [0.15, 0.2) is 5.78 Å². The van der Waals surface area contributed by atoms with E-state index in [9.17, 15) is 0 Å². The topological polar surface area (TPSA) is 54.0 Å². The summed E-state index contributed by atoms with van der Waals surface area (Å²) >= 11 is 0. The van der Waals surface area contributed by atoms with E-state index in [1.165, 1.54) is 0 Å². The molecule has 6 rings (SSSR count). The van der Waals surface area contributed by atoms with Gasteiger partial charge in [0.25, 0.3) is 0 Å². The molecule has 50 heavy (non-hydrogen) atoms. The fourth-order valence-electron chi connectivity index (χ4n) is 6.70. The SMILES string of the molecule is COc1cccc(OC)c1-c1cccc(-c2c(OC)cccc2OC)c1P(c1ccccc1-c1ccccc1)C(C)(C)C(=O)c1ccccc1. The molecule has 0 aliphatic rings. The van der Waals surface area contributed by atoms with Crippen molar-refractivity contribution < 1.29 is 23.7 Å². The lowest BCUT2D eigenvalue weighted by molar-refractivity contribution is 0.0956. The average Bonchev–Trinajstić information content (AvgIpc) is 3.17. The van der Waals surface area contributed by atoms with Crippen LogP contribution in [0.15, 0.2) is 140 Å². The number of ketones is 1. The molecule has 0 bridgehead atoms. The minimum atomic E-state index is -1.53. The smallest absolute Gasteiger partial charge is 0.173 e. The molecule has 6 heteroatoms. The second-order valence-corrected chi connectivity index (χ2v) is 15.0. The molecule has 0 amide bonds. The molecule has 0 heterocycles. The van der Waals surface area contributed by atoms with Crippen molar-refractivity contribution in [2.45, 2.75) is 19.0 Å². The first kappa shape index (κ1) is 34.5. The molecule has 0 aromatic heterocycles. The van der Waals surface area contributed by atoms with Crippen LogP contribution in [0.2, 0.25) is 0 Å². The Kier molecular flexibility index (Phi) is 10.4. The second kappa shape index (κ2) is 15.0. The van der Waals surface area contributed by atoms with Crippen molar-refractivity contribution in [2.75, 3.05) is 28.4 Å². The number of rotatable bonds is 12. The largest absolute Gasteiger partial charge is 0.496 e. The highest BCUT2D eigenvalue weighted by Crippen LogP contribution is 2.57. The van der Waals surface area contributed by atoms with E-state index >= 15 is 4.79 Å². The van der Waals surface area contributed by atoms with Crippen LogP contribution in [0, 0.1) is 0 Å². The lowest BCUT2D eigenvalue weighted by atomic mass is 9.96. The van der Waals surface area contributed by atoms with Crippen LogP contribution >= 0.6 is 7.92 Å². The molecular formula is C44H41O5P. The van der Waals surface area contributed by atoms with Gasteiger partial charge < -0.3 is 18.9 Å². The summed E-state index contributed by atoms with van der Waals surface area (Å²) in [6.45, 7) is 4.16. The van der Waals surface area contributed by atoms with Crippen LogP contribution in [0.5, 0.6) is 23.0 Å². The summed E-state index contributed by atoms with van der Waals surface area (Å²) in [6, 6.07) is 46.2. The first-order valence-corrected chi connectivity index (χ1v) is 17.8. The Morgan fingerprint density at radius 3 is 1.36 bits per heavy atom. The first-order valence-electron chi connectivity index (χ1n) is 16.5. The van der Waals surface area contributed by atoms with Crippen molar-refractivity contribution in [3.8, 4) is 56.4 Å². The third-order valence-electron chi connectivity index (χ3n) is 9.03. The van der Waals surface area contributed by atoms with Crippen LogP contribution in [-0.2, 0) is 0 Å². The molecule has 1 atom stereocenters. The molecule has 0 saturated heterocycles. The molecule has 0 aliphatic carbocycles. The van der Waals surface area contributed by atoms with E-state index in [4.69, 9.17) is 18.9 Å². The Hall–Kier alpha value is -5.38. The highest BCUT2D eigenvalue weighted by molar-refractivity contribution is 7.76. The third-order valence-corrected chi connectivity index (χ3v) is 12.2. The summed E-state index contributed by atoms with van der Waals surface area (Å²) in [6.07, 6.45) is 0. The molecule has 6 aromatic rings. The molecule has 1 unspecified atom stereocenters. The van der Waals surface area contributed by atoms with Crippen LogP contribution in [-0.4, -0.2) is 39.4 Å². The lowest BCUT2D eigenvalue weighted by Crippen LogP contribution is -2.38. The summed E-state index contributed by atoms with van der Waals surface area (Å²) in [7, 11) is 5.14. The number of benzene rings is 6. The molecule has 6 aromatic carbocycles. The predicted molar refractivity (Wildman–Crippen MR) is 206 cm³/mol. The molecule has 0 saturated carbocycles. The van der Waals surface area contributed by atoms with Crippen molar-refractivity contribution >= 4 is 24.3 Å². The minimum Gasteiger partial charge on any atom is -0.496 e. The Morgan fingerprint density at radius 1 is 0.480 bits per heavy atom. The molecule has 0 spiro atoms. The van der Waals surface area contributed by atoms with Crippen molar-refractivity contribution in [2.24, 2.45) is 0 Å². The van der Waals surface area contributed by atoms with Gasteiger partial charge >= 0.3 is 0 Å². The van der Waals surface area contributed by atoms with Gasteiger partial charge in [0.05, 0.1) is 44.7 Å². The number of carbonyl (C=O) groups is 1. The monoisotopic (exact) mass is 680 g/mol. The number of methoxy groups -OCH3 is 4.